The van der Waals surface area contributed by atoms with E-state index in [0.717, 1.165) is 11.1 Å². The molecule has 4 heterocycles. The minimum absolute atomic E-state index is 0.0524. The van der Waals surface area contributed by atoms with Gasteiger partial charge in [-0.1, -0.05) is 107 Å². The Balaban J connectivity index is 1.26. The Hall–Kier alpha value is -4.86. The molecule has 4 aliphatic heterocycles. The van der Waals surface area contributed by atoms with Crippen LogP contribution in [0, 0.1) is 0 Å². The molecule has 0 aromatic heterocycles. The molecule has 4 aliphatic rings. The van der Waals surface area contributed by atoms with Crippen LogP contribution in [0.15, 0.2) is 95.9 Å². The van der Waals surface area contributed by atoms with Gasteiger partial charge in [0, 0.05) is 31.3 Å². The minimum atomic E-state index is -1.87. The molecule has 2 aromatic carbocycles. The molecule has 0 bridgehead atoms. The topological polar surface area (TPSA) is 144 Å². The number of likely N-dealkylation sites (tertiary alicyclic amines) is 2. The van der Waals surface area contributed by atoms with Gasteiger partial charge in [-0.2, -0.15) is 0 Å². The number of esters is 1. The van der Waals surface area contributed by atoms with Gasteiger partial charge in [0.15, 0.2) is 12.1 Å². The lowest BCUT2D eigenvalue weighted by atomic mass is 9.95. The summed E-state index contributed by atoms with van der Waals surface area (Å²) in [5, 5.41) is 3.89. The number of thioether (sulfide) groups is 1. The van der Waals surface area contributed by atoms with E-state index in [-0.39, 0.29) is 30.1 Å². The second-order valence-electron chi connectivity index (χ2n) is 18.3. The van der Waals surface area contributed by atoms with Crippen LogP contribution in [-0.2, 0) is 33.3 Å². The highest BCUT2D eigenvalue weighted by molar-refractivity contribution is 8.03. The molecular formula is C45H58N4O9SSi. The highest BCUT2D eigenvalue weighted by atomic mass is 32.2. The Kier molecular flexibility index (Phi) is 13.4. The van der Waals surface area contributed by atoms with E-state index in [9.17, 15) is 24.0 Å². The summed E-state index contributed by atoms with van der Waals surface area (Å²) in [6.45, 7) is 20.7. The first kappa shape index (κ1) is 44.7. The van der Waals surface area contributed by atoms with Gasteiger partial charge in [-0.3, -0.25) is 14.5 Å². The van der Waals surface area contributed by atoms with Crippen molar-refractivity contribution in [1.82, 2.24) is 20.0 Å². The van der Waals surface area contributed by atoms with Crippen molar-refractivity contribution in [3.63, 3.8) is 0 Å². The number of carbonyl (C=O) groups excluding carboxylic acids is 5. The van der Waals surface area contributed by atoms with E-state index in [1.54, 1.807) is 42.1 Å². The van der Waals surface area contributed by atoms with Gasteiger partial charge in [0.2, 0.25) is 11.8 Å². The number of ether oxygens (including phenoxy) is 4. The molecule has 2 aromatic rings. The third kappa shape index (κ3) is 9.84. The summed E-state index contributed by atoms with van der Waals surface area (Å²) in [5.74, 6) is -1.38. The first-order valence-electron chi connectivity index (χ1n) is 20.4. The molecule has 15 heteroatoms. The smallest absolute Gasteiger partial charge is 0.412 e. The zero-order valence-corrected chi connectivity index (χ0v) is 37.7. The minimum Gasteiger partial charge on any atom is -0.451 e. The molecule has 1 N–H and O–H groups in total. The molecular weight excluding hydrogens is 801 g/mol. The lowest BCUT2D eigenvalue weighted by molar-refractivity contribution is -0.164. The predicted molar refractivity (Wildman–Crippen MR) is 232 cm³/mol. The van der Waals surface area contributed by atoms with Crippen LogP contribution < -0.4 is 5.32 Å². The molecule has 0 radical (unpaired) electrons. The summed E-state index contributed by atoms with van der Waals surface area (Å²) in [5.41, 5.74) is 1.59. The van der Waals surface area contributed by atoms with Crippen molar-refractivity contribution in [1.29, 1.82) is 0 Å². The molecule has 5 atom stereocenters. The largest absolute Gasteiger partial charge is 0.451 e. The number of alkyl carbamates (subject to hydrolysis) is 1. The van der Waals surface area contributed by atoms with Crippen molar-refractivity contribution < 1.29 is 42.9 Å². The van der Waals surface area contributed by atoms with Crippen LogP contribution in [0.3, 0.4) is 0 Å². The number of β-lactam (4-membered cyclic amide) rings is 1. The summed E-state index contributed by atoms with van der Waals surface area (Å²) in [6.07, 6.45) is 1.91. The normalized spacial score (nSPS) is 23.9. The molecule has 0 saturated carbocycles. The van der Waals surface area contributed by atoms with E-state index >= 15 is 0 Å². The van der Waals surface area contributed by atoms with Crippen LogP contribution in [0.1, 0.15) is 71.6 Å². The summed E-state index contributed by atoms with van der Waals surface area (Å²) < 4.78 is 23.7. The zero-order valence-electron chi connectivity index (χ0n) is 35.8. The van der Waals surface area contributed by atoms with Crippen LogP contribution in [0.4, 0.5) is 9.59 Å². The van der Waals surface area contributed by atoms with E-state index in [1.807, 2.05) is 60.7 Å². The molecule has 6 rings (SSSR count). The molecule has 13 nitrogen and oxygen atoms in total. The van der Waals surface area contributed by atoms with Gasteiger partial charge in [0.1, 0.15) is 29.9 Å². The number of nitrogens with zero attached hydrogens (tertiary/aromatic N) is 3. The fourth-order valence-electron chi connectivity index (χ4n) is 7.38. The quantitative estimate of drug-likeness (QED) is 0.0576. The van der Waals surface area contributed by atoms with E-state index in [4.69, 9.17) is 18.9 Å². The van der Waals surface area contributed by atoms with Gasteiger partial charge in [0.05, 0.1) is 14.1 Å². The van der Waals surface area contributed by atoms with Gasteiger partial charge < -0.3 is 34.1 Å². The Labute approximate surface area is 358 Å². The standard InChI is InChI=1S/C45H58N4O9SSi/c1-10-23-55-43(54)48-26-33(25-34(48)56-28-60(8,9)45(5,6)7)47-22-21-31(38(47)50)24-32-27-59-40-35(46-42(53)58-44(2,3)4)39(51)49(40)36(32)41(52)57-37(29-17-13-11-14-18-29)30-19-15-12-16-20-30/h10-20,24,27,33-37,40H,1,21-23,25-26,28H2,2-9H3,(H,46,53)/t33-,34+,35-,36-,40-/m1/s1. The maximum atomic E-state index is 14.6. The highest BCUT2D eigenvalue weighted by Gasteiger charge is 2.57. The van der Waals surface area contributed by atoms with E-state index in [2.05, 4.69) is 45.8 Å². The average Bonchev–Trinajstić information content (AvgIpc) is 3.79. The molecule has 4 amide bonds. The first-order valence-corrected chi connectivity index (χ1v) is 24.6. The molecule has 3 fully saturated rings. The average molecular weight is 859 g/mol. The van der Waals surface area contributed by atoms with Crippen LogP contribution in [0.5, 0.6) is 0 Å². The van der Waals surface area contributed by atoms with Crippen LogP contribution in [0.2, 0.25) is 18.1 Å². The second kappa shape index (κ2) is 18.0. The number of carbonyl (C=O) groups is 5. The predicted octanol–water partition coefficient (Wildman–Crippen LogP) is 7.33. The number of hydrogen-bond donors (Lipinski definition) is 1. The lowest BCUT2D eigenvalue weighted by Gasteiger charge is -2.51. The number of hydrogen-bond acceptors (Lipinski definition) is 10. The number of benzene rings is 2. The third-order valence-electron chi connectivity index (χ3n) is 11.7. The SMILES string of the molecule is C=CCOC(=O)N1C[C@H](N2CCC(=CC3=CS[C@@H]4[C@H](NC(=O)OC(C)(C)C)C(=O)N4[C@H]3C(=O)OC(c3ccccc3)c3ccccc3)C2=O)C[C@@H]1OC[Si](C)(C)C(C)(C)C. The van der Waals surface area contributed by atoms with Crippen molar-refractivity contribution in [2.45, 2.75) is 114 Å². The Morgan fingerprint density at radius 3 is 2.20 bits per heavy atom. The number of fused-ring (bicyclic) bond motifs is 1. The number of amides is 4. The Bertz CT molecular complexity index is 1970. The van der Waals surface area contributed by atoms with Gasteiger partial charge in [-0.15, -0.1) is 11.8 Å². The zero-order chi connectivity index (χ0) is 43.6. The van der Waals surface area contributed by atoms with E-state index < -0.39 is 67.5 Å². The number of nitrogens with one attached hydrogen (secondary N) is 1. The van der Waals surface area contributed by atoms with E-state index in [0.29, 0.717) is 36.8 Å². The van der Waals surface area contributed by atoms with Crippen molar-refractivity contribution in [3.05, 3.63) is 107 Å². The monoisotopic (exact) mass is 858 g/mol. The summed E-state index contributed by atoms with van der Waals surface area (Å²) >= 11 is 1.27. The summed E-state index contributed by atoms with van der Waals surface area (Å²) in [4.78, 5) is 73.5. The fraction of sp³-hybridized carbons (Fsp3) is 0.489. The van der Waals surface area contributed by atoms with Gasteiger partial charge in [-0.25, -0.2) is 14.4 Å². The Morgan fingerprint density at radius 1 is 0.983 bits per heavy atom. The van der Waals surface area contributed by atoms with Crippen molar-refractivity contribution >= 4 is 49.8 Å². The van der Waals surface area contributed by atoms with E-state index in [1.165, 1.54) is 22.7 Å². The van der Waals surface area contributed by atoms with Crippen LogP contribution in [0.25, 0.3) is 0 Å². The molecule has 0 aliphatic carbocycles. The third-order valence-corrected chi connectivity index (χ3v) is 17.9. The molecule has 60 heavy (non-hydrogen) atoms. The second-order valence-corrected chi connectivity index (χ2v) is 24.8. The van der Waals surface area contributed by atoms with Crippen molar-refractivity contribution in [3.8, 4) is 0 Å². The maximum absolute atomic E-state index is 14.6. The Morgan fingerprint density at radius 2 is 1.62 bits per heavy atom. The lowest BCUT2D eigenvalue weighted by Crippen LogP contribution is -2.74. The first-order chi connectivity index (χ1) is 28.3. The van der Waals surface area contributed by atoms with Gasteiger partial charge in [0.25, 0.3) is 0 Å². The van der Waals surface area contributed by atoms with Gasteiger partial charge >= 0.3 is 18.2 Å². The van der Waals surface area contributed by atoms with Crippen molar-refractivity contribution in [2.75, 3.05) is 25.9 Å². The summed E-state index contributed by atoms with van der Waals surface area (Å²) in [6, 6.07) is 16.2. The molecule has 0 unspecified atom stereocenters. The number of rotatable bonds is 12. The van der Waals surface area contributed by atoms with Crippen LogP contribution in [-0.4, -0.2) is 114 Å². The molecule has 0 spiro atoms. The van der Waals surface area contributed by atoms with Crippen molar-refractivity contribution in [2.24, 2.45) is 0 Å². The van der Waals surface area contributed by atoms with Gasteiger partial charge in [-0.05, 0) is 60.4 Å². The molecule has 322 valence electrons. The summed E-state index contributed by atoms with van der Waals surface area (Å²) in [7, 11) is -1.87. The van der Waals surface area contributed by atoms with Crippen LogP contribution >= 0.6 is 11.8 Å². The highest BCUT2D eigenvalue weighted by Crippen LogP contribution is 2.43. The molecule has 3 saturated heterocycles. The fourth-order valence-corrected chi connectivity index (χ4v) is 9.61. The maximum Gasteiger partial charge on any atom is 0.412 e.